The highest BCUT2D eigenvalue weighted by Gasteiger charge is 2.34. The highest BCUT2D eigenvalue weighted by molar-refractivity contribution is 6.04. The van der Waals surface area contributed by atoms with Crippen LogP contribution < -0.4 is 15.5 Å². The van der Waals surface area contributed by atoms with Gasteiger partial charge < -0.3 is 19.8 Å². The Morgan fingerprint density at radius 2 is 1.83 bits per heavy atom. The zero-order valence-corrected chi connectivity index (χ0v) is 20.5. The molecule has 3 amide bonds. The lowest BCUT2D eigenvalue weighted by Crippen LogP contribution is -2.48. The van der Waals surface area contributed by atoms with Crippen LogP contribution in [-0.2, 0) is 14.3 Å². The second kappa shape index (κ2) is 11.7. The molecule has 1 aromatic heterocycles. The summed E-state index contributed by atoms with van der Waals surface area (Å²) in [6.07, 6.45) is 3.20. The van der Waals surface area contributed by atoms with Crippen LogP contribution in [0.25, 0.3) is 0 Å². The van der Waals surface area contributed by atoms with E-state index < -0.39 is 17.9 Å². The highest BCUT2D eigenvalue weighted by atomic mass is 16.5. The molecular formula is C28H31N3O5. The van der Waals surface area contributed by atoms with Crippen molar-refractivity contribution in [3.63, 3.8) is 0 Å². The van der Waals surface area contributed by atoms with Gasteiger partial charge in [0.25, 0.3) is 5.91 Å². The lowest BCUT2D eigenvalue weighted by Gasteiger charge is -2.33. The van der Waals surface area contributed by atoms with Gasteiger partial charge in [0.2, 0.25) is 11.8 Å². The fourth-order valence-electron chi connectivity index (χ4n) is 4.40. The zero-order valence-electron chi connectivity index (χ0n) is 20.5. The summed E-state index contributed by atoms with van der Waals surface area (Å²) < 4.78 is 10.8. The van der Waals surface area contributed by atoms with Gasteiger partial charge in [-0.2, -0.15) is 0 Å². The molecule has 0 aliphatic carbocycles. The standard InChI is InChI=1S/C28H31N3O5/c1-19-12-13-23(20(2)16-19)31(25(32)18-30-27(33)24-11-7-15-36-24)26(21-8-4-3-5-9-21)28(34)29-17-22-10-6-14-35-22/h3-5,7-9,11-13,15-16,22,26H,6,10,14,17-18H2,1-2H3,(H,29,34)(H,30,33)/t22-,26+/m0/s1. The number of nitrogens with zero attached hydrogens (tertiary/aromatic N) is 1. The summed E-state index contributed by atoms with van der Waals surface area (Å²) in [6, 6.07) is 17.0. The molecule has 0 bridgehead atoms. The van der Waals surface area contributed by atoms with E-state index in [0.29, 0.717) is 24.4 Å². The summed E-state index contributed by atoms with van der Waals surface area (Å²) in [5.41, 5.74) is 3.13. The molecule has 0 radical (unpaired) electrons. The molecular weight excluding hydrogens is 458 g/mol. The van der Waals surface area contributed by atoms with Crippen LogP contribution in [-0.4, -0.2) is 43.5 Å². The van der Waals surface area contributed by atoms with Gasteiger partial charge in [0.15, 0.2) is 5.76 Å². The lowest BCUT2D eigenvalue weighted by atomic mass is 10.0. The fraction of sp³-hybridized carbons (Fsp3) is 0.321. The van der Waals surface area contributed by atoms with Crippen molar-refractivity contribution in [3.05, 3.63) is 89.4 Å². The summed E-state index contributed by atoms with van der Waals surface area (Å²) in [4.78, 5) is 41.3. The molecule has 0 spiro atoms. The largest absolute Gasteiger partial charge is 0.459 e. The van der Waals surface area contributed by atoms with E-state index >= 15 is 0 Å². The number of carbonyl (C=O) groups is 3. The first-order valence-electron chi connectivity index (χ1n) is 12.1. The number of furan rings is 1. The maximum absolute atomic E-state index is 13.7. The number of aryl methyl sites for hydroxylation is 2. The number of rotatable bonds is 9. The smallest absolute Gasteiger partial charge is 0.287 e. The molecule has 3 aromatic rings. The SMILES string of the molecule is Cc1ccc(N(C(=O)CNC(=O)c2ccco2)[C@@H](C(=O)NC[C@@H]2CCCO2)c2ccccc2)c(C)c1. The average molecular weight is 490 g/mol. The van der Waals surface area contributed by atoms with E-state index in [1.807, 2.05) is 62.4 Å². The predicted molar refractivity (Wildman–Crippen MR) is 136 cm³/mol. The number of amides is 3. The third-order valence-corrected chi connectivity index (χ3v) is 6.18. The molecule has 2 heterocycles. The van der Waals surface area contributed by atoms with Crippen molar-refractivity contribution in [2.45, 2.75) is 38.8 Å². The topological polar surface area (TPSA) is 101 Å². The zero-order chi connectivity index (χ0) is 25.5. The minimum absolute atomic E-state index is 0.0387. The minimum Gasteiger partial charge on any atom is -0.459 e. The van der Waals surface area contributed by atoms with Crippen LogP contribution in [0.5, 0.6) is 0 Å². The van der Waals surface area contributed by atoms with E-state index in [-0.39, 0.29) is 24.3 Å². The van der Waals surface area contributed by atoms with Gasteiger partial charge >= 0.3 is 0 Å². The highest BCUT2D eigenvalue weighted by Crippen LogP contribution is 2.31. The van der Waals surface area contributed by atoms with Gasteiger partial charge in [-0.25, -0.2) is 0 Å². The summed E-state index contributed by atoms with van der Waals surface area (Å²) >= 11 is 0. The third kappa shape index (κ3) is 6.01. The van der Waals surface area contributed by atoms with Crippen molar-refractivity contribution in [1.29, 1.82) is 0 Å². The second-order valence-corrected chi connectivity index (χ2v) is 8.91. The van der Waals surface area contributed by atoms with E-state index in [4.69, 9.17) is 9.15 Å². The van der Waals surface area contributed by atoms with Crippen molar-refractivity contribution in [2.24, 2.45) is 0 Å². The Bertz CT molecular complexity index is 1190. The lowest BCUT2D eigenvalue weighted by molar-refractivity contribution is -0.126. The van der Waals surface area contributed by atoms with E-state index in [9.17, 15) is 14.4 Å². The van der Waals surface area contributed by atoms with Crippen molar-refractivity contribution in [3.8, 4) is 0 Å². The Kier molecular flexibility index (Phi) is 8.17. The average Bonchev–Trinajstić information content (AvgIpc) is 3.60. The number of nitrogens with one attached hydrogen (secondary N) is 2. The molecule has 8 heteroatoms. The third-order valence-electron chi connectivity index (χ3n) is 6.18. The molecule has 4 rings (SSSR count). The number of hydrogen-bond acceptors (Lipinski definition) is 5. The fourth-order valence-corrected chi connectivity index (χ4v) is 4.40. The Balaban J connectivity index is 1.66. The van der Waals surface area contributed by atoms with Crippen molar-refractivity contribution < 1.29 is 23.5 Å². The van der Waals surface area contributed by atoms with Crippen LogP contribution >= 0.6 is 0 Å². The van der Waals surface area contributed by atoms with Gasteiger partial charge in [-0.05, 0) is 56.0 Å². The second-order valence-electron chi connectivity index (χ2n) is 8.91. The van der Waals surface area contributed by atoms with Gasteiger partial charge in [-0.15, -0.1) is 0 Å². The summed E-state index contributed by atoms with van der Waals surface area (Å²) in [5.74, 6) is -1.15. The molecule has 1 fully saturated rings. The van der Waals surface area contributed by atoms with Crippen LogP contribution in [0.3, 0.4) is 0 Å². The van der Waals surface area contributed by atoms with Gasteiger partial charge in [-0.1, -0.05) is 48.0 Å². The van der Waals surface area contributed by atoms with Crippen molar-refractivity contribution in [1.82, 2.24) is 10.6 Å². The van der Waals surface area contributed by atoms with Crippen LogP contribution in [0.15, 0.2) is 71.3 Å². The number of carbonyl (C=O) groups excluding carboxylic acids is 3. The molecule has 1 aliphatic rings. The normalized spacial score (nSPS) is 15.8. The molecule has 2 N–H and O–H groups in total. The Hall–Kier alpha value is -3.91. The molecule has 2 atom stereocenters. The van der Waals surface area contributed by atoms with Crippen LogP contribution in [0.2, 0.25) is 0 Å². The first-order chi connectivity index (χ1) is 17.4. The maximum atomic E-state index is 13.7. The van der Waals surface area contributed by atoms with Gasteiger partial charge in [-0.3, -0.25) is 19.3 Å². The summed E-state index contributed by atoms with van der Waals surface area (Å²) in [6.45, 7) is 4.61. The molecule has 1 saturated heterocycles. The molecule has 8 nitrogen and oxygen atoms in total. The predicted octanol–water partition coefficient (Wildman–Crippen LogP) is 3.70. The Morgan fingerprint density at radius 1 is 1.03 bits per heavy atom. The van der Waals surface area contributed by atoms with Gasteiger partial charge in [0, 0.05) is 18.8 Å². The van der Waals surface area contributed by atoms with Gasteiger partial charge in [0.1, 0.15) is 6.04 Å². The van der Waals surface area contributed by atoms with E-state index in [2.05, 4.69) is 10.6 Å². The van der Waals surface area contributed by atoms with Crippen LogP contribution in [0.1, 0.15) is 46.1 Å². The van der Waals surface area contributed by atoms with Crippen LogP contribution in [0, 0.1) is 13.8 Å². The maximum Gasteiger partial charge on any atom is 0.287 e. The Labute approximate surface area is 210 Å². The van der Waals surface area contributed by atoms with Crippen molar-refractivity contribution in [2.75, 3.05) is 24.6 Å². The number of hydrogen-bond donors (Lipinski definition) is 2. The number of anilines is 1. The van der Waals surface area contributed by atoms with E-state index in [0.717, 1.165) is 24.0 Å². The monoisotopic (exact) mass is 489 g/mol. The molecule has 1 aliphatic heterocycles. The van der Waals surface area contributed by atoms with Crippen molar-refractivity contribution >= 4 is 23.4 Å². The number of benzene rings is 2. The minimum atomic E-state index is -0.943. The first kappa shape index (κ1) is 25.2. The summed E-state index contributed by atoms with van der Waals surface area (Å²) in [5, 5.41) is 5.60. The molecule has 0 saturated carbocycles. The Morgan fingerprint density at radius 3 is 2.50 bits per heavy atom. The molecule has 0 unspecified atom stereocenters. The van der Waals surface area contributed by atoms with E-state index in [1.165, 1.54) is 17.2 Å². The molecule has 188 valence electrons. The summed E-state index contributed by atoms with van der Waals surface area (Å²) in [7, 11) is 0. The number of ether oxygens (including phenoxy) is 1. The molecule has 2 aromatic carbocycles. The first-order valence-corrected chi connectivity index (χ1v) is 12.1. The quantitative estimate of drug-likeness (QED) is 0.477. The van der Waals surface area contributed by atoms with E-state index in [1.54, 1.807) is 6.07 Å². The van der Waals surface area contributed by atoms with Gasteiger partial charge in [0.05, 0.1) is 18.9 Å². The molecule has 36 heavy (non-hydrogen) atoms. The van der Waals surface area contributed by atoms with Crippen LogP contribution in [0.4, 0.5) is 5.69 Å².